The first-order chi connectivity index (χ1) is 19.4. The first-order valence-corrected chi connectivity index (χ1v) is 13.6. The average Bonchev–Trinajstić information content (AvgIpc) is 3.34. The summed E-state index contributed by atoms with van der Waals surface area (Å²) in [6.45, 7) is 14.0. The topological polar surface area (TPSA) is 100 Å². The highest BCUT2D eigenvalue weighted by Gasteiger charge is 2.17. The third kappa shape index (κ3) is 6.58. The largest absolute Gasteiger partial charge is 0.492 e. The molecule has 2 N–H and O–H groups in total. The van der Waals surface area contributed by atoms with Crippen molar-refractivity contribution < 1.29 is 9.53 Å². The second kappa shape index (κ2) is 13.1. The van der Waals surface area contributed by atoms with Gasteiger partial charge in [0.25, 0.3) is 0 Å². The molecule has 0 bridgehead atoms. The van der Waals surface area contributed by atoms with E-state index < -0.39 is 0 Å². The molecule has 210 valence electrons. The number of nitrogens with one attached hydrogen (secondary N) is 2. The normalized spacial score (nSPS) is 11.1. The van der Waals surface area contributed by atoms with Crippen LogP contribution < -0.4 is 20.3 Å². The number of likely N-dealkylation sites (N-methyl/N-ethyl adjacent to an activating group) is 2. The molecule has 2 aromatic heterocycles. The van der Waals surface area contributed by atoms with Gasteiger partial charge in [-0.3, -0.25) is 9.48 Å². The van der Waals surface area contributed by atoms with Crippen molar-refractivity contribution in [3.63, 3.8) is 0 Å². The van der Waals surface area contributed by atoms with Gasteiger partial charge in [0.2, 0.25) is 5.91 Å². The number of ether oxygens (including phenoxy) is 1. The maximum atomic E-state index is 12.4. The van der Waals surface area contributed by atoms with E-state index >= 15 is 0 Å². The summed E-state index contributed by atoms with van der Waals surface area (Å²) in [5.41, 5.74) is 4.95. The Balaban J connectivity index is 1.67. The molecular formula is C30H38N8O2. The molecule has 0 fully saturated rings. The fourth-order valence-corrected chi connectivity index (χ4v) is 4.54. The number of hydrogen-bond donors (Lipinski definition) is 2. The van der Waals surface area contributed by atoms with E-state index in [1.807, 2.05) is 62.2 Å². The molecule has 0 aliphatic heterocycles. The highest BCUT2D eigenvalue weighted by atomic mass is 16.5. The zero-order valence-electron chi connectivity index (χ0n) is 23.9. The average molecular weight is 543 g/mol. The molecule has 40 heavy (non-hydrogen) atoms. The minimum atomic E-state index is -0.288. The van der Waals surface area contributed by atoms with Crippen LogP contribution in [-0.2, 0) is 11.8 Å². The summed E-state index contributed by atoms with van der Waals surface area (Å²) in [5, 5.41) is 11.7. The van der Waals surface area contributed by atoms with Crippen molar-refractivity contribution in [1.82, 2.24) is 24.6 Å². The number of carbonyl (C=O) groups excluding carboxylic acids is 1. The van der Waals surface area contributed by atoms with Gasteiger partial charge in [-0.2, -0.15) is 5.10 Å². The van der Waals surface area contributed by atoms with Gasteiger partial charge in [0.15, 0.2) is 0 Å². The van der Waals surface area contributed by atoms with Crippen molar-refractivity contribution in [2.45, 2.75) is 20.8 Å². The molecule has 1 amide bonds. The summed E-state index contributed by atoms with van der Waals surface area (Å²) in [7, 11) is 3.94. The van der Waals surface area contributed by atoms with E-state index in [-0.39, 0.29) is 5.91 Å². The maximum absolute atomic E-state index is 12.4. The van der Waals surface area contributed by atoms with E-state index in [9.17, 15) is 4.79 Å². The lowest BCUT2D eigenvalue weighted by molar-refractivity contribution is -0.111. The van der Waals surface area contributed by atoms with Gasteiger partial charge < -0.3 is 25.2 Å². The summed E-state index contributed by atoms with van der Waals surface area (Å²) in [6.07, 6.45) is 4.63. The number of carbonyl (C=O) groups is 1. The summed E-state index contributed by atoms with van der Waals surface area (Å²) in [5.74, 6) is 0.963. The molecule has 0 aliphatic carbocycles. The Bertz CT molecular complexity index is 1480. The van der Waals surface area contributed by atoms with Gasteiger partial charge >= 0.3 is 0 Å². The number of rotatable bonds is 13. The van der Waals surface area contributed by atoms with E-state index in [1.165, 1.54) is 12.4 Å². The molecule has 2 heterocycles. The Kier molecular flexibility index (Phi) is 9.34. The summed E-state index contributed by atoms with van der Waals surface area (Å²) >= 11 is 0. The maximum Gasteiger partial charge on any atom is 0.247 e. The van der Waals surface area contributed by atoms with Gasteiger partial charge in [-0.05, 0) is 44.3 Å². The highest BCUT2D eigenvalue weighted by Crippen LogP contribution is 2.38. The lowest BCUT2D eigenvalue weighted by Crippen LogP contribution is -2.33. The van der Waals surface area contributed by atoms with Crippen LogP contribution >= 0.6 is 0 Å². The van der Waals surface area contributed by atoms with Crippen LogP contribution in [0, 0.1) is 0 Å². The number of benzene rings is 2. The third-order valence-corrected chi connectivity index (χ3v) is 6.87. The smallest absolute Gasteiger partial charge is 0.247 e. The minimum Gasteiger partial charge on any atom is -0.492 e. The zero-order valence-corrected chi connectivity index (χ0v) is 23.9. The lowest BCUT2D eigenvalue weighted by atomic mass is 10.1. The number of aryl methyl sites for hydroxylation is 1. The Morgan fingerprint density at radius 2 is 1.88 bits per heavy atom. The SMILES string of the molecule is C=CC(=O)Nc1cc(Nc2cc(-c3ccc4c(cnn4C)c3)ncn2)c(OCC)cc1N(C)CCN(CC)CC. The van der Waals surface area contributed by atoms with Crippen LogP contribution in [-0.4, -0.2) is 70.4 Å². The number of aromatic nitrogens is 4. The lowest BCUT2D eigenvalue weighted by Gasteiger charge is -2.27. The second-order valence-electron chi connectivity index (χ2n) is 9.40. The number of fused-ring (bicyclic) bond motifs is 1. The monoisotopic (exact) mass is 542 g/mol. The fraction of sp³-hybridized carbons (Fsp3) is 0.333. The van der Waals surface area contributed by atoms with Crippen LogP contribution in [0.2, 0.25) is 0 Å². The van der Waals surface area contributed by atoms with E-state index in [2.05, 4.69) is 62.0 Å². The first-order valence-electron chi connectivity index (χ1n) is 13.6. The molecule has 0 spiro atoms. The van der Waals surface area contributed by atoms with Gasteiger partial charge in [-0.15, -0.1) is 0 Å². The van der Waals surface area contributed by atoms with E-state index in [0.29, 0.717) is 29.5 Å². The molecule has 4 aromatic rings. The fourth-order valence-electron chi connectivity index (χ4n) is 4.54. The number of anilines is 4. The van der Waals surface area contributed by atoms with Gasteiger partial charge in [-0.25, -0.2) is 9.97 Å². The van der Waals surface area contributed by atoms with Gasteiger partial charge in [-0.1, -0.05) is 26.5 Å². The van der Waals surface area contributed by atoms with Crippen molar-refractivity contribution >= 4 is 39.7 Å². The molecule has 0 radical (unpaired) electrons. The number of nitrogens with zero attached hydrogens (tertiary/aromatic N) is 6. The van der Waals surface area contributed by atoms with Gasteiger partial charge in [0.1, 0.15) is 17.9 Å². The van der Waals surface area contributed by atoms with Crippen LogP contribution in [0.25, 0.3) is 22.2 Å². The molecular weight excluding hydrogens is 504 g/mol. The second-order valence-corrected chi connectivity index (χ2v) is 9.40. The molecule has 10 nitrogen and oxygen atoms in total. The number of amides is 1. The highest BCUT2D eigenvalue weighted by molar-refractivity contribution is 6.02. The Morgan fingerprint density at radius 1 is 1.07 bits per heavy atom. The van der Waals surface area contributed by atoms with Crippen molar-refractivity contribution in [3.8, 4) is 17.0 Å². The summed E-state index contributed by atoms with van der Waals surface area (Å²) < 4.78 is 7.88. The molecule has 0 aliphatic rings. The molecule has 2 aromatic carbocycles. The van der Waals surface area contributed by atoms with Crippen molar-refractivity contribution in [1.29, 1.82) is 0 Å². The molecule has 0 unspecified atom stereocenters. The predicted octanol–water partition coefficient (Wildman–Crippen LogP) is 5.08. The van der Waals surface area contributed by atoms with Gasteiger partial charge in [0.05, 0.1) is 41.1 Å². The van der Waals surface area contributed by atoms with Crippen LogP contribution in [0.1, 0.15) is 20.8 Å². The Labute approximate surface area is 235 Å². The molecule has 10 heteroatoms. The van der Waals surface area contributed by atoms with Crippen molar-refractivity contribution in [2.75, 3.05) is 55.4 Å². The summed E-state index contributed by atoms with van der Waals surface area (Å²) in [4.78, 5) is 25.8. The summed E-state index contributed by atoms with van der Waals surface area (Å²) in [6, 6.07) is 11.8. The third-order valence-electron chi connectivity index (χ3n) is 6.87. The molecule has 0 atom stereocenters. The Morgan fingerprint density at radius 3 is 2.60 bits per heavy atom. The number of hydrogen-bond acceptors (Lipinski definition) is 8. The molecule has 0 saturated heterocycles. The van der Waals surface area contributed by atoms with Crippen LogP contribution in [0.3, 0.4) is 0 Å². The van der Waals surface area contributed by atoms with E-state index in [1.54, 1.807) is 0 Å². The standard InChI is InChI=1S/C30H38N8O2/c1-7-30(39)35-24-16-25(28(40-10-4)18-27(24)36(5)13-14-38(8-2)9-3)34-29-17-23(31-20-32-29)21-11-12-26-22(15-21)19-33-37(26)6/h7,11-12,15-20H,1,8-10,13-14H2,2-6H3,(H,35,39)(H,31,32,34). The zero-order chi connectivity index (χ0) is 28.6. The van der Waals surface area contributed by atoms with E-state index in [4.69, 9.17) is 4.74 Å². The Hall–Kier alpha value is -4.44. The molecule has 0 saturated carbocycles. The quantitative estimate of drug-likeness (QED) is 0.226. The van der Waals surface area contributed by atoms with Crippen LogP contribution in [0.5, 0.6) is 5.75 Å². The predicted molar refractivity (Wildman–Crippen MR) is 163 cm³/mol. The first kappa shape index (κ1) is 28.6. The van der Waals surface area contributed by atoms with Crippen molar-refractivity contribution in [3.05, 3.63) is 61.6 Å². The van der Waals surface area contributed by atoms with Gasteiger partial charge in [0, 0.05) is 50.3 Å². The van der Waals surface area contributed by atoms with E-state index in [0.717, 1.165) is 54.0 Å². The van der Waals surface area contributed by atoms with Crippen molar-refractivity contribution in [2.24, 2.45) is 7.05 Å². The van der Waals surface area contributed by atoms with Crippen LogP contribution in [0.4, 0.5) is 22.9 Å². The minimum absolute atomic E-state index is 0.288. The van der Waals surface area contributed by atoms with Crippen LogP contribution in [0.15, 0.2) is 61.6 Å². The molecule has 4 rings (SSSR count).